The fraction of sp³-hybridized carbons (Fsp3) is 1.00. The van der Waals surface area contributed by atoms with Crippen molar-refractivity contribution in [1.29, 1.82) is 0 Å². The van der Waals surface area contributed by atoms with E-state index in [1.165, 1.54) is 25.9 Å². The van der Waals surface area contributed by atoms with E-state index in [-0.39, 0.29) is 12.4 Å². The molecule has 0 aromatic rings. The lowest BCUT2D eigenvalue weighted by molar-refractivity contribution is 0.286. The van der Waals surface area contributed by atoms with Crippen LogP contribution in [0.4, 0.5) is 0 Å². The van der Waals surface area contributed by atoms with E-state index in [1.807, 2.05) is 0 Å². The van der Waals surface area contributed by atoms with E-state index in [1.54, 1.807) is 0 Å². The predicted octanol–water partition coefficient (Wildman–Crippen LogP) is 1.94. The van der Waals surface area contributed by atoms with Gasteiger partial charge in [0.15, 0.2) is 0 Å². The largest absolute Gasteiger partial charge is 0.306 e. The summed E-state index contributed by atoms with van der Waals surface area (Å²) in [5.74, 6) is 0. The van der Waals surface area contributed by atoms with Gasteiger partial charge in [-0.1, -0.05) is 22.6 Å². The Morgan fingerprint density at radius 1 is 1.33 bits per heavy atom. The molecular weight excluding hydrogens is 248 g/mol. The van der Waals surface area contributed by atoms with Gasteiger partial charge in [0.1, 0.15) is 0 Å². The van der Waals surface area contributed by atoms with Gasteiger partial charge in [-0.25, -0.2) is 0 Å². The molecule has 0 bridgehead atoms. The SMILES string of the molecule is CN1CCC(I)CC1.Cl. The van der Waals surface area contributed by atoms with Crippen molar-refractivity contribution >= 4 is 35.0 Å². The third-order valence-electron chi connectivity index (χ3n) is 1.65. The summed E-state index contributed by atoms with van der Waals surface area (Å²) in [6.07, 6.45) is 2.77. The highest BCUT2D eigenvalue weighted by molar-refractivity contribution is 14.1. The second-order valence-electron chi connectivity index (χ2n) is 2.48. The minimum atomic E-state index is 0. The van der Waals surface area contributed by atoms with Gasteiger partial charge < -0.3 is 4.90 Å². The molecule has 0 aromatic carbocycles. The minimum absolute atomic E-state index is 0. The van der Waals surface area contributed by atoms with Crippen molar-refractivity contribution in [3.05, 3.63) is 0 Å². The molecule has 1 fully saturated rings. The quantitative estimate of drug-likeness (QED) is 0.476. The van der Waals surface area contributed by atoms with Gasteiger partial charge in [0, 0.05) is 3.92 Å². The number of hydrogen-bond donors (Lipinski definition) is 0. The summed E-state index contributed by atoms with van der Waals surface area (Å²) in [6.45, 7) is 2.60. The normalized spacial score (nSPS) is 23.3. The summed E-state index contributed by atoms with van der Waals surface area (Å²) in [6, 6.07) is 0. The number of alkyl halides is 1. The Balaban J connectivity index is 0.000000640. The Bertz CT molecular complexity index is 61.5. The molecule has 1 rings (SSSR count). The fourth-order valence-corrected chi connectivity index (χ4v) is 1.53. The Morgan fingerprint density at radius 3 is 2.11 bits per heavy atom. The summed E-state index contributed by atoms with van der Waals surface area (Å²) < 4.78 is 0.948. The van der Waals surface area contributed by atoms with Gasteiger partial charge in [0.05, 0.1) is 0 Å². The highest BCUT2D eigenvalue weighted by Crippen LogP contribution is 2.15. The van der Waals surface area contributed by atoms with Crippen molar-refractivity contribution in [1.82, 2.24) is 4.90 Å². The average molecular weight is 262 g/mol. The molecule has 0 amide bonds. The minimum Gasteiger partial charge on any atom is -0.306 e. The first-order valence-corrected chi connectivity index (χ1v) is 4.36. The Kier molecular flexibility index (Phi) is 5.26. The molecule has 3 heteroatoms. The summed E-state index contributed by atoms with van der Waals surface area (Å²) in [5.41, 5.74) is 0. The van der Waals surface area contributed by atoms with Crippen LogP contribution in [-0.2, 0) is 0 Å². The molecule has 0 spiro atoms. The van der Waals surface area contributed by atoms with Crippen LogP contribution in [0.3, 0.4) is 0 Å². The van der Waals surface area contributed by atoms with Gasteiger partial charge in [0.2, 0.25) is 0 Å². The molecule has 1 nitrogen and oxygen atoms in total. The van der Waals surface area contributed by atoms with Crippen molar-refractivity contribution in [2.45, 2.75) is 16.8 Å². The third kappa shape index (κ3) is 3.63. The number of piperidine rings is 1. The molecule has 1 aliphatic heterocycles. The van der Waals surface area contributed by atoms with Gasteiger partial charge in [-0.3, -0.25) is 0 Å². The van der Waals surface area contributed by atoms with Gasteiger partial charge in [-0.15, -0.1) is 12.4 Å². The topological polar surface area (TPSA) is 3.24 Å². The first-order valence-electron chi connectivity index (χ1n) is 3.11. The van der Waals surface area contributed by atoms with Crippen molar-refractivity contribution in [3.8, 4) is 0 Å². The van der Waals surface area contributed by atoms with Crippen LogP contribution in [0.2, 0.25) is 0 Å². The molecule has 0 N–H and O–H groups in total. The maximum Gasteiger partial charge on any atom is 0.0134 e. The molecule has 0 aromatic heterocycles. The smallest absolute Gasteiger partial charge is 0.0134 e. The Morgan fingerprint density at radius 2 is 1.78 bits per heavy atom. The monoisotopic (exact) mass is 261 g/mol. The third-order valence-corrected chi connectivity index (χ3v) is 2.89. The molecule has 56 valence electrons. The van der Waals surface area contributed by atoms with Gasteiger partial charge in [0.25, 0.3) is 0 Å². The van der Waals surface area contributed by atoms with E-state index in [0.29, 0.717) is 0 Å². The number of halogens is 2. The summed E-state index contributed by atoms with van der Waals surface area (Å²) in [7, 11) is 2.20. The Labute approximate surface area is 76.7 Å². The van der Waals surface area contributed by atoms with Gasteiger partial charge in [-0.2, -0.15) is 0 Å². The number of hydrogen-bond acceptors (Lipinski definition) is 1. The summed E-state index contributed by atoms with van der Waals surface area (Å²) >= 11 is 2.54. The van der Waals surface area contributed by atoms with Crippen LogP contribution in [0, 0.1) is 0 Å². The van der Waals surface area contributed by atoms with Gasteiger partial charge >= 0.3 is 0 Å². The molecule has 0 saturated carbocycles. The summed E-state index contributed by atoms with van der Waals surface area (Å²) in [4.78, 5) is 2.40. The number of nitrogens with zero attached hydrogens (tertiary/aromatic N) is 1. The first-order chi connectivity index (χ1) is 3.79. The molecular formula is C6H13ClIN. The Hall–Kier alpha value is 0.980. The van der Waals surface area contributed by atoms with E-state index in [0.717, 1.165) is 3.92 Å². The van der Waals surface area contributed by atoms with E-state index in [9.17, 15) is 0 Å². The van der Waals surface area contributed by atoms with Crippen LogP contribution >= 0.6 is 35.0 Å². The van der Waals surface area contributed by atoms with E-state index < -0.39 is 0 Å². The maximum absolute atomic E-state index is 2.54. The van der Waals surface area contributed by atoms with Crippen molar-refractivity contribution in [3.63, 3.8) is 0 Å². The van der Waals surface area contributed by atoms with E-state index in [4.69, 9.17) is 0 Å². The standard InChI is InChI=1S/C6H12IN.ClH/c1-8-4-2-6(7)3-5-8;/h6H,2-5H2,1H3;1H. The fourth-order valence-electron chi connectivity index (χ4n) is 0.977. The number of rotatable bonds is 0. The molecule has 9 heavy (non-hydrogen) atoms. The van der Waals surface area contributed by atoms with Crippen LogP contribution in [-0.4, -0.2) is 29.0 Å². The van der Waals surface area contributed by atoms with E-state index >= 15 is 0 Å². The average Bonchev–Trinajstić information content (AvgIpc) is 1.77. The zero-order valence-corrected chi connectivity index (χ0v) is 8.61. The molecule has 1 saturated heterocycles. The molecule has 0 aliphatic carbocycles. The predicted molar refractivity (Wildman–Crippen MR) is 51.8 cm³/mol. The van der Waals surface area contributed by atoms with Crippen LogP contribution in [0.25, 0.3) is 0 Å². The number of likely N-dealkylation sites (tertiary alicyclic amines) is 1. The van der Waals surface area contributed by atoms with Crippen LogP contribution in [0.15, 0.2) is 0 Å². The van der Waals surface area contributed by atoms with Crippen LogP contribution in [0.1, 0.15) is 12.8 Å². The molecule has 0 atom stereocenters. The zero-order chi connectivity index (χ0) is 5.98. The van der Waals surface area contributed by atoms with Crippen LogP contribution in [0.5, 0.6) is 0 Å². The van der Waals surface area contributed by atoms with Crippen molar-refractivity contribution in [2.24, 2.45) is 0 Å². The van der Waals surface area contributed by atoms with Crippen molar-refractivity contribution in [2.75, 3.05) is 20.1 Å². The zero-order valence-electron chi connectivity index (χ0n) is 5.64. The van der Waals surface area contributed by atoms with Gasteiger partial charge in [-0.05, 0) is 33.0 Å². The first kappa shape index (κ1) is 9.98. The molecule has 0 radical (unpaired) electrons. The van der Waals surface area contributed by atoms with Crippen LogP contribution < -0.4 is 0 Å². The molecule has 0 unspecified atom stereocenters. The second-order valence-corrected chi connectivity index (χ2v) is 4.24. The lowest BCUT2D eigenvalue weighted by Gasteiger charge is -2.25. The highest BCUT2D eigenvalue weighted by atomic mass is 127. The highest BCUT2D eigenvalue weighted by Gasteiger charge is 2.12. The second kappa shape index (κ2) is 4.74. The van der Waals surface area contributed by atoms with Crippen molar-refractivity contribution < 1.29 is 0 Å². The maximum atomic E-state index is 2.54. The van der Waals surface area contributed by atoms with E-state index in [2.05, 4.69) is 34.5 Å². The lowest BCUT2D eigenvalue weighted by atomic mass is 10.1. The molecule has 1 aliphatic rings. The molecule has 1 heterocycles. The lowest BCUT2D eigenvalue weighted by Crippen LogP contribution is -2.30. The summed E-state index contributed by atoms with van der Waals surface area (Å²) in [5, 5.41) is 0.